The fourth-order valence-corrected chi connectivity index (χ4v) is 12.6. The Balaban J connectivity index is 0.705. The molecular formula is C46H54ClN9O4S. The molecule has 1 spiro atoms. The minimum atomic E-state index is -0.680. The molecule has 3 aromatic heterocycles. The lowest BCUT2D eigenvalue weighted by atomic mass is 9.68. The quantitative estimate of drug-likeness (QED) is 0.143. The number of imide groups is 1. The van der Waals surface area contributed by atoms with Gasteiger partial charge in [0.1, 0.15) is 16.7 Å². The molecular weight excluding hydrogens is 810 g/mol. The van der Waals surface area contributed by atoms with Crippen LogP contribution in [0.25, 0.3) is 22.1 Å². The third kappa shape index (κ3) is 7.66. The maximum atomic E-state index is 13.5. The Morgan fingerprint density at radius 3 is 2.44 bits per heavy atom. The zero-order valence-electron chi connectivity index (χ0n) is 35.0. The van der Waals surface area contributed by atoms with E-state index in [4.69, 9.17) is 16.6 Å². The van der Waals surface area contributed by atoms with E-state index in [2.05, 4.69) is 56.6 Å². The average molecular weight is 865 g/mol. The molecule has 2 N–H and O–H groups in total. The molecule has 6 heterocycles. The lowest BCUT2D eigenvalue weighted by Crippen LogP contribution is -2.59. The largest absolute Gasteiger partial charge is 0.370 e. The number of carbonyl (C=O) groups is 2. The lowest BCUT2D eigenvalue weighted by molar-refractivity contribution is -0.135. The van der Waals surface area contributed by atoms with E-state index >= 15 is 0 Å². The van der Waals surface area contributed by atoms with E-state index in [1.165, 1.54) is 43.7 Å². The van der Waals surface area contributed by atoms with Crippen molar-refractivity contribution >= 4 is 74.6 Å². The maximum Gasteiger partial charge on any atom is 0.329 e. The van der Waals surface area contributed by atoms with Crippen LogP contribution in [-0.4, -0.2) is 78.4 Å². The number of aromatic nitrogens is 5. The first-order chi connectivity index (χ1) is 29.5. The first-order valence-electron chi connectivity index (χ1n) is 22.2. The van der Waals surface area contributed by atoms with E-state index in [1.54, 1.807) is 33.0 Å². The second-order valence-corrected chi connectivity index (χ2v) is 20.2. The number of aryl methyl sites for hydroxylation is 2. The number of hydrogen-bond donors (Lipinski definition) is 2. The molecule has 0 bridgehead atoms. The van der Waals surface area contributed by atoms with Gasteiger partial charge in [0.2, 0.25) is 17.8 Å². The lowest BCUT2D eigenvalue weighted by Gasteiger charge is -2.54. The van der Waals surface area contributed by atoms with Gasteiger partial charge in [-0.15, -0.1) is 11.8 Å². The van der Waals surface area contributed by atoms with Crippen LogP contribution in [-0.2, 0) is 16.6 Å². The molecule has 2 saturated carbocycles. The number of thioether (sulfide) groups is 1. The van der Waals surface area contributed by atoms with Crippen molar-refractivity contribution in [3.05, 3.63) is 80.1 Å². The summed E-state index contributed by atoms with van der Waals surface area (Å²) in [6, 6.07) is 13.7. The molecule has 5 aliphatic rings. The predicted molar refractivity (Wildman–Crippen MR) is 241 cm³/mol. The topological polar surface area (TPSA) is 139 Å². The van der Waals surface area contributed by atoms with Crippen molar-refractivity contribution in [1.82, 2.24) is 33.9 Å². The Hall–Kier alpha value is -4.66. The summed E-state index contributed by atoms with van der Waals surface area (Å²) in [6.07, 6.45) is 13.7. The number of piperidine rings is 2. The number of hydrogen-bond acceptors (Lipinski definition) is 10. The van der Waals surface area contributed by atoms with Crippen LogP contribution in [0.15, 0.2) is 63.1 Å². The summed E-state index contributed by atoms with van der Waals surface area (Å²) in [7, 11) is 1.78. The smallest absolute Gasteiger partial charge is 0.329 e. The zero-order chi connectivity index (χ0) is 42.0. The summed E-state index contributed by atoms with van der Waals surface area (Å²) in [4.78, 5) is 66.9. The highest BCUT2D eigenvalue weighted by molar-refractivity contribution is 8.00. The molecule has 3 aliphatic heterocycles. The maximum absolute atomic E-state index is 13.5. The zero-order valence-corrected chi connectivity index (χ0v) is 36.6. The third-order valence-corrected chi connectivity index (χ3v) is 16.0. The Morgan fingerprint density at radius 2 is 1.70 bits per heavy atom. The highest BCUT2D eigenvalue weighted by Crippen LogP contribution is 2.48. The number of para-hydroxylation sites is 1. The van der Waals surface area contributed by atoms with Gasteiger partial charge in [-0.3, -0.25) is 33.4 Å². The molecule has 5 aromatic rings. The normalized spacial score (nSPS) is 21.8. The fourth-order valence-electron chi connectivity index (χ4n) is 11.1. The summed E-state index contributed by atoms with van der Waals surface area (Å²) >= 11 is 8.35. The molecule has 1 atom stereocenters. The van der Waals surface area contributed by atoms with Crippen LogP contribution in [0.4, 0.5) is 17.3 Å². The van der Waals surface area contributed by atoms with Crippen molar-refractivity contribution in [3.8, 4) is 0 Å². The number of pyridine rings is 1. The van der Waals surface area contributed by atoms with Gasteiger partial charge in [0.05, 0.1) is 16.7 Å². The van der Waals surface area contributed by atoms with Gasteiger partial charge in [-0.2, -0.15) is 4.98 Å². The number of fused-ring (bicyclic) bond motifs is 2. The van der Waals surface area contributed by atoms with Crippen molar-refractivity contribution in [2.24, 2.45) is 18.4 Å². The molecule has 2 aromatic carbocycles. The van der Waals surface area contributed by atoms with E-state index in [1.807, 2.05) is 23.9 Å². The molecule has 1 unspecified atom stereocenters. The van der Waals surface area contributed by atoms with Gasteiger partial charge in [-0.1, -0.05) is 30.5 Å². The highest BCUT2D eigenvalue weighted by atomic mass is 35.5. The van der Waals surface area contributed by atoms with E-state index in [9.17, 15) is 19.2 Å². The van der Waals surface area contributed by atoms with Crippen molar-refractivity contribution in [2.75, 3.05) is 42.9 Å². The number of carbonyl (C=O) groups excluding carboxylic acids is 2. The molecule has 320 valence electrons. The first kappa shape index (κ1) is 40.4. The van der Waals surface area contributed by atoms with Crippen LogP contribution in [0.2, 0.25) is 5.02 Å². The number of benzene rings is 2. The van der Waals surface area contributed by atoms with Gasteiger partial charge >= 0.3 is 5.69 Å². The number of likely N-dealkylation sites (tertiary alicyclic amines) is 1. The number of nitrogens with one attached hydrogen (secondary N) is 2. The van der Waals surface area contributed by atoms with Crippen molar-refractivity contribution in [2.45, 2.75) is 106 Å². The number of amides is 2. The second-order valence-electron chi connectivity index (χ2n) is 18.4. The predicted octanol–water partition coefficient (Wildman–Crippen LogP) is 7.50. The average Bonchev–Trinajstić information content (AvgIpc) is 3.86. The Kier molecular flexibility index (Phi) is 10.8. The van der Waals surface area contributed by atoms with Crippen LogP contribution in [0.3, 0.4) is 0 Å². The summed E-state index contributed by atoms with van der Waals surface area (Å²) in [5.74, 6) is 0.445. The molecule has 2 amide bonds. The fraction of sp³-hybridized carbons (Fsp3) is 0.522. The summed E-state index contributed by atoms with van der Waals surface area (Å²) < 4.78 is 5.03. The summed E-state index contributed by atoms with van der Waals surface area (Å²) in [5, 5.41) is 7.44. The number of halogens is 1. The van der Waals surface area contributed by atoms with Crippen LogP contribution in [0.1, 0.15) is 94.7 Å². The van der Waals surface area contributed by atoms with Crippen LogP contribution in [0, 0.1) is 18.3 Å². The van der Waals surface area contributed by atoms with E-state index in [-0.39, 0.29) is 34.6 Å². The summed E-state index contributed by atoms with van der Waals surface area (Å²) in [5.41, 5.74) is 5.43. The number of imidazole rings is 1. The molecule has 61 heavy (non-hydrogen) atoms. The second kappa shape index (κ2) is 16.2. The van der Waals surface area contributed by atoms with Gasteiger partial charge in [0.15, 0.2) is 0 Å². The molecule has 10 rings (SSSR count). The molecule has 15 heteroatoms. The summed E-state index contributed by atoms with van der Waals surface area (Å²) in [6.45, 7) is 7.57. The first-order valence-corrected chi connectivity index (χ1v) is 23.4. The van der Waals surface area contributed by atoms with E-state index in [0.717, 1.165) is 91.5 Å². The van der Waals surface area contributed by atoms with Gasteiger partial charge in [0, 0.05) is 79.6 Å². The van der Waals surface area contributed by atoms with Crippen molar-refractivity contribution < 1.29 is 9.59 Å². The Bertz CT molecular complexity index is 2650. The Morgan fingerprint density at radius 1 is 0.934 bits per heavy atom. The van der Waals surface area contributed by atoms with Crippen LogP contribution < -0.4 is 26.8 Å². The third-order valence-electron chi connectivity index (χ3n) is 14.4. The van der Waals surface area contributed by atoms with Gasteiger partial charge in [-0.25, -0.2) is 9.78 Å². The monoisotopic (exact) mass is 863 g/mol. The Labute approximate surface area is 364 Å². The van der Waals surface area contributed by atoms with Crippen LogP contribution >= 0.6 is 23.4 Å². The SMILES string of the molecule is Cc1cc(SC2CCC3(CC2)CN(CC2CCN(c4cccc5c4n(C)c(=O)n5C4CCC(=O)NC4=O)CC2)C3)ccc1Nc1ncc2cc(Cl)c(=O)n(C3CCCC3)c2n1. The number of anilines is 3. The molecule has 0 radical (unpaired) electrons. The van der Waals surface area contributed by atoms with E-state index in [0.29, 0.717) is 34.6 Å². The van der Waals surface area contributed by atoms with E-state index < -0.39 is 11.9 Å². The molecule has 2 aliphatic carbocycles. The van der Waals surface area contributed by atoms with Crippen molar-refractivity contribution in [3.63, 3.8) is 0 Å². The van der Waals surface area contributed by atoms with Crippen LogP contribution in [0.5, 0.6) is 0 Å². The highest BCUT2D eigenvalue weighted by Gasteiger charge is 2.45. The number of nitrogens with zero attached hydrogens (tertiary/aromatic N) is 7. The van der Waals surface area contributed by atoms with Gasteiger partial charge in [0.25, 0.3) is 5.56 Å². The van der Waals surface area contributed by atoms with Crippen molar-refractivity contribution in [1.29, 1.82) is 0 Å². The minimum absolute atomic E-state index is 0.119. The van der Waals surface area contributed by atoms with Gasteiger partial charge in [-0.05, 0) is 118 Å². The number of rotatable bonds is 9. The standard InChI is InChI=1S/C46H54ClN9O4S/c1-28-22-33(10-11-35(28)49-44-48-24-30-23-34(47)43(59)55(41(30)51-44)31-6-3-4-7-31)61-32-14-18-46(19-15-32)26-53(27-46)25-29-16-20-54(21-17-29)36-8-5-9-37-40(36)52(2)45(60)56(37)38-12-13-39(57)50-42(38)58/h5,8-11,22-24,29,31-32,38H,3-4,6-7,12-21,25-27H2,1-2H3,(H,48,49,51)(H,50,57,58). The molecule has 5 fully saturated rings. The minimum Gasteiger partial charge on any atom is -0.370 e. The molecule has 3 saturated heterocycles. The molecule has 13 nitrogen and oxygen atoms in total. The van der Waals surface area contributed by atoms with Gasteiger partial charge < -0.3 is 15.1 Å².